The van der Waals surface area contributed by atoms with Gasteiger partial charge in [-0.05, 0) is 30.0 Å². The fraction of sp³-hybridized carbons (Fsp3) is 0.615. The van der Waals surface area contributed by atoms with E-state index in [1.165, 1.54) is 24.2 Å². The van der Waals surface area contributed by atoms with E-state index in [0.29, 0.717) is 21.9 Å². The van der Waals surface area contributed by atoms with E-state index in [9.17, 15) is 4.79 Å². The lowest BCUT2D eigenvalue weighted by Crippen LogP contribution is -2.38. The Bertz CT molecular complexity index is 405. The molecule has 1 amide bonds. The van der Waals surface area contributed by atoms with Crippen LogP contribution in [0.2, 0.25) is 0 Å². The third-order valence-corrected chi connectivity index (χ3v) is 5.43. The van der Waals surface area contributed by atoms with E-state index in [2.05, 4.69) is 12.2 Å². The highest BCUT2D eigenvalue weighted by Crippen LogP contribution is 2.31. The van der Waals surface area contributed by atoms with Crippen molar-refractivity contribution in [2.75, 3.05) is 12.9 Å². The Hall–Kier alpha value is -0.680. The maximum atomic E-state index is 12.2. The first kappa shape index (κ1) is 13.7. The first-order chi connectivity index (χ1) is 8.76. The number of methoxy groups -OCH3 is 1. The zero-order valence-electron chi connectivity index (χ0n) is 10.8. The van der Waals surface area contributed by atoms with E-state index in [1.54, 1.807) is 7.11 Å². The second kappa shape index (κ2) is 6.48. The number of thioether (sulfide) groups is 1. The minimum Gasteiger partial charge on any atom is -0.495 e. The highest BCUT2D eigenvalue weighted by molar-refractivity contribution is 7.99. The highest BCUT2D eigenvalue weighted by atomic mass is 32.2. The first-order valence-electron chi connectivity index (χ1n) is 6.30. The van der Waals surface area contributed by atoms with Gasteiger partial charge in [0.15, 0.2) is 0 Å². The number of hydrogen-bond acceptors (Lipinski definition) is 4. The first-order valence-corrected chi connectivity index (χ1v) is 8.23. The summed E-state index contributed by atoms with van der Waals surface area (Å²) in [7, 11) is 1.60. The predicted molar refractivity (Wildman–Crippen MR) is 77.9 cm³/mol. The molecular weight excluding hydrogens is 266 g/mol. The van der Waals surface area contributed by atoms with E-state index in [-0.39, 0.29) is 5.91 Å². The van der Waals surface area contributed by atoms with Crippen LogP contribution in [0.4, 0.5) is 0 Å². The summed E-state index contributed by atoms with van der Waals surface area (Å²) in [5.41, 5.74) is 0. The smallest absolute Gasteiger partial charge is 0.265 e. The molecule has 18 heavy (non-hydrogen) atoms. The molecule has 0 aliphatic heterocycles. The molecule has 1 N–H and O–H groups in total. The van der Waals surface area contributed by atoms with Crippen molar-refractivity contribution in [1.82, 2.24) is 5.32 Å². The van der Waals surface area contributed by atoms with E-state index < -0.39 is 0 Å². The van der Waals surface area contributed by atoms with Crippen molar-refractivity contribution < 1.29 is 9.53 Å². The predicted octanol–water partition coefficient (Wildman–Crippen LogP) is 3.16. The lowest BCUT2D eigenvalue weighted by atomic mass is 10.2. The normalized spacial score (nSPS) is 23.0. The number of carbonyl (C=O) groups excluding carboxylic acids is 1. The minimum absolute atomic E-state index is 0.00968. The van der Waals surface area contributed by atoms with Gasteiger partial charge in [0.05, 0.1) is 7.11 Å². The van der Waals surface area contributed by atoms with Crippen molar-refractivity contribution >= 4 is 29.0 Å². The molecule has 100 valence electrons. The third kappa shape index (κ3) is 3.01. The maximum Gasteiger partial charge on any atom is 0.265 e. The Morgan fingerprint density at radius 1 is 1.61 bits per heavy atom. The van der Waals surface area contributed by atoms with E-state index >= 15 is 0 Å². The molecule has 2 atom stereocenters. The van der Waals surface area contributed by atoms with E-state index in [1.807, 2.05) is 23.2 Å². The molecule has 1 heterocycles. The van der Waals surface area contributed by atoms with Crippen molar-refractivity contribution in [3.8, 4) is 5.75 Å². The van der Waals surface area contributed by atoms with Gasteiger partial charge in [0.2, 0.25) is 0 Å². The van der Waals surface area contributed by atoms with Gasteiger partial charge in [0.1, 0.15) is 10.6 Å². The maximum absolute atomic E-state index is 12.2. The molecule has 0 bridgehead atoms. The lowest BCUT2D eigenvalue weighted by Gasteiger charge is -2.19. The molecule has 0 radical (unpaired) electrons. The lowest BCUT2D eigenvalue weighted by molar-refractivity contribution is 0.0940. The number of hydrogen-bond donors (Lipinski definition) is 1. The van der Waals surface area contributed by atoms with Crippen molar-refractivity contribution in [1.29, 1.82) is 0 Å². The molecule has 0 saturated heterocycles. The Morgan fingerprint density at radius 3 is 3.17 bits per heavy atom. The average Bonchev–Trinajstić information content (AvgIpc) is 2.98. The van der Waals surface area contributed by atoms with Crippen molar-refractivity contribution in [3.05, 3.63) is 16.3 Å². The van der Waals surface area contributed by atoms with Crippen molar-refractivity contribution in [2.45, 2.75) is 37.5 Å². The van der Waals surface area contributed by atoms with Crippen LogP contribution in [0.5, 0.6) is 5.75 Å². The Balaban J connectivity index is 1.98. The molecule has 1 aliphatic carbocycles. The quantitative estimate of drug-likeness (QED) is 0.903. The molecule has 3 nitrogen and oxygen atoms in total. The SMILES string of the molecule is CCS[C@@H]1CCC[C@H]1NC(=O)c1sccc1OC. The van der Waals surface area contributed by atoms with Gasteiger partial charge in [-0.25, -0.2) is 0 Å². The van der Waals surface area contributed by atoms with Gasteiger partial charge in [-0.1, -0.05) is 13.3 Å². The summed E-state index contributed by atoms with van der Waals surface area (Å²) >= 11 is 3.39. The molecule has 0 unspecified atom stereocenters. The zero-order valence-corrected chi connectivity index (χ0v) is 12.4. The van der Waals surface area contributed by atoms with Gasteiger partial charge in [-0.2, -0.15) is 11.8 Å². The van der Waals surface area contributed by atoms with Crippen LogP contribution >= 0.6 is 23.1 Å². The summed E-state index contributed by atoms with van der Waals surface area (Å²) in [6.07, 6.45) is 3.52. The molecule has 1 saturated carbocycles. The van der Waals surface area contributed by atoms with Crippen LogP contribution < -0.4 is 10.1 Å². The highest BCUT2D eigenvalue weighted by Gasteiger charge is 2.29. The molecule has 0 spiro atoms. The van der Waals surface area contributed by atoms with Gasteiger partial charge >= 0.3 is 0 Å². The molecule has 1 fully saturated rings. The van der Waals surface area contributed by atoms with E-state index in [0.717, 1.165) is 12.2 Å². The van der Waals surface area contributed by atoms with Gasteiger partial charge in [-0.3, -0.25) is 4.79 Å². The summed E-state index contributed by atoms with van der Waals surface area (Å²) in [6.45, 7) is 2.17. The topological polar surface area (TPSA) is 38.3 Å². The summed E-state index contributed by atoms with van der Waals surface area (Å²) in [5, 5.41) is 5.63. The average molecular weight is 285 g/mol. The molecular formula is C13H19NO2S2. The summed E-state index contributed by atoms with van der Waals surface area (Å²) in [4.78, 5) is 12.9. The number of ether oxygens (including phenoxy) is 1. The van der Waals surface area contributed by atoms with Gasteiger partial charge in [0.25, 0.3) is 5.91 Å². The standard InChI is InChI=1S/C13H19NO2S2/c1-3-17-11-6-4-5-9(11)14-13(15)12-10(16-2)7-8-18-12/h7-9,11H,3-6H2,1-2H3,(H,14,15)/t9-,11-/m1/s1. The van der Waals surface area contributed by atoms with Crippen LogP contribution in [0.25, 0.3) is 0 Å². The molecule has 5 heteroatoms. The molecule has 1 aromatic rings. The number of nitrogens with one attached hydrogen (secondary N) is 1. The second-order valence-electron chi connectivity index (χ2n) is 4.32. The van der Waals surface area contributed by atoms with Crippen LogP contribution in [0, 0.1) is 0 Å². The van der Waals surface area contributed by atoms with Crippen molar-refractivity contribution in [2.24, 2.45) is 0 Å². The fourth-order valence-electron chi connectivity index (χ4n) is 2.36. The van der Waals surface area contributed by atoms with Gasteiger partial charge in [-0.15, -0.1) is 11.3 Å². The van der Waals surface area contributed by atoms with Crippen LogP contribution in [0.15, 0.2) is 11.4 Å². The monoisotopic (exact) mass is 285 g/mol. The number of amides is 1. The summed E-state index contributed by atoms with van der Waals surface area (Å²) in [5.74, 6) is 1.80. The molecule has 2 rings (SSSR count). The Kier molecular flexibility index (Phi) is 4.95. The van der Waals surface area contributed by atoms with Crippen LogP contribution in [0.3, 0.4) is 0 Å². The molecule has 1 aromatic heterocycles. The zero-order chi connectivity index (χ0) is 13.0. The van der Waals surface area contributed by atoms with Gasteiger partial charge in [0, 0.05) is 11.3 Å². The summed E-state index contributed by atoms with van der Waals surface area (Å²) < 4.78 is 5.19. The third-order valence-electron chi connectivity index (χ3n) is 3.21. The largest absolute Gasteiger partial charge is 0.495 e. The molecule has 0 aromatic carbocycles. The van der Waals surface area contributed by atoms with Gasteiger partial charge < -0.3 is 10.1 Å². The Morgan fingerprint density at radius 2 is 2.44 bits per heavy atom. The fourth-order valence-corrected chi connectivity index (χ4v) is 4.32. The summed E-state index contributed by atoms with van der Waals surface area (Å²) in [6, 6.07) is 2.15. The van der Waals surface area contributed by atoms with E-state index in [4.69, 9.17) is 4.74 Å². The van der Waals surface area contributed by atoms with Crippen LogP contribution in [0.1, 0.15) is 35.9 Å². The Labute approximate surface area is 116 Å². The second-order valence-corrected chi connectivity index (χ2v) is 6.76. The number of rotatable bonds is 5. The van der Waals surface area contributed by atoms with Crippen LogP contribution in [-0.2, 0) is 0 Å². The molecule has 1 aliphatic rings. The van der Waals surface area contributed by atoms with Crippen molar-refractivity contribution in [3.63, 3.8) is 0 Å². The number of carbonyl (C=O) groups is 1. The van der Waals surface area contributed by atoms with Crippen LogP contribution in [-0.4, -0.2) is 30.1 Å². The minimum atomic E-state index is 0.00968. The number of thiophene rings is 1.